The number of nitrogens with zero attached hydrogens (tertiary/aromatic N) is 2. The highest BCUT2D eigenvalue weighted by Gasteiger charge is 2.25. The minimum atomic E-state index is -0.288. The minimum Gasteiger partial charge on any atom is -0.329 e. The van der Waals surface area contributed by atoms with Crippen LogP contribution in [-0.2, 0) is 0 Å². The molecular formula is C15H25ClFN3. The Morgan fingerprint density at radius 2 is 2.00 bits per heavy atom. The molecule has 0 saturated carbocycles. The smallest absolute Gasteiger partial charge is 0.129 e. The number of rotatable bonds is 7. The first-order valence-electron chi connectivity index (χ1n) is 6.96. The lowest BCUT2D eigenvalue weighted by Crippen LogP contribution is -2.44. The van der Waals surface area contributed by atoms with Gasteiger partial charge < -0.3 is 10.6 Å². The van der Waals surface area contributed by atoms with E-state index in [1.807, 2.05) is 14.1 Å². The van der Waals surface area contributed by atoms with Crippen LogP contribution in [0.25, 0.3) is 0 Å². The van der Waals surface area contributed by atoms with Gasteiger partial charge in [-0.1, -0.05) is 24.6 Å². The van der Waals surface area contributed by atoms with Crippen molar-refractivity contribution < 1.29 is 4.39 Å². The molecule has 2 atom stereocenters. The first-order valence-corrected chi connectivity index (χ1v) is 7.34. The van der Waals surface area contributed by atoms with Crippen molar-refractivity contribution in [3.05, 3.63) is 34.6 Å². The molecule has 2 N–H and O–H groups in total. The molecule has 0 aliphatic carbocycles. The van der Waals surface area contributed by atoms with Crippen molar-refractivity contribution in [3.8, 4) is 0 Å². The molecule has 20 heavy (non-hydrogen) atoms. The van der Waals surface area contributed by atoms with Crippen LogP contribution in [0.4, 0.5) is 4.39 Å². The van der Waals surface area contributed by atoms with Crippen molar-refractivity contribution >= 4 is 11.6 Å². The summed E-state index contributed by atoms with van der Waals surface area (Å²) in [6.07, 6.45) is 0. The van der Waals surface area contributed by atoms with Crippen LogP contribution in [0.1, 0.15) is 25.5 Å². The van der Waals surface area contributed by atoms with Crippen LogP contribution < -0.4 is 5.73 Å². The Labute approximate surface area is 126 Å². The molecule has 0 radical (unpaired) electrons. The molecule has 3 nitrogen and oxygen atoms in total. The van der Waals surface area contributed by atoms with Crippen LogP contribution >= 0.6 is 11.6 Å². The fraction of sp³-hybridized carbons (Fsp3) is 0.600. The lowest BCUT2D eigenvalue weighted by molar-refractivity contribution is 0.129. The Kier molecular flexibility index (Phi) is 6.89. The van der Waals surface area contributed by atoms with E-state index in [-0.39, 0.29) is 11.9 Å². The Hall–Kier alpha value is -0.680. The molecule has 0 fully saturated rings. The first-order chi connectivity index (χ1) is 9.40. The van der Waals surface area contributed by atoms with E-state index in [2.05, 4.69) is 23.6 Å². The SMILES string of the molecule is CCN(C(C)CN(C)C)C(CN)c1ccc(Cl)cc1F. The summed E-state index contributed by atoms with van der Waals surface area (Å²) in [7, 11) is 4.06. The summed E-state index contributed by atoms with van der Waals surface area (Å²) < 4.78 is 14.1. The predicted molar refractivity (Wildman–Crippen MR) is 83.6 cm³/mol. The zero-order valence-corrected chi connectivity index (χ0v) is 13.5. The van der Waals surface area contributed by atoms with Gasteiger partial charge in [0.25, 0.3) is 0 Å². The van der Waals surface area contributed by atoms with E-state index in [1.165, 1.54) is 6.07 Å². The third-order valence-corrected chi connectivity index (χ3v) is 3.74. The molecule has 0 heterocycles. The van der Waals surface area contributed by atoms with Crippen molar-refractivity contribution in [3.63, 3.8) is 0 Å². The quantitative estimate of drug-likeness (QED) is 0.840. The van der Waals surface area contributed by atoms with Crippen molar-refractivity contribution in [2.24, 2.45) is 5.73 Å². The summed E-state index contributed by atoms with van der Waals surface area (Å²) in [5, 5.41) is 0.409. The molecule has 0 aliphatic rings. The highest BCUT2D eigenvalue weighted by atomic mass is 35.5. The number of hydrogen-bond donors (Lipinski definition) is 1. The molecule has 0 saturated heterocycles. The highest BCUT2D eigenvalue weighted by Crippen LogP contribution is 2.26. The van der Waals surface area contributed by atoms with Crippen LogP contribution in [0.3, 0.4) is 0 Å². The molecule has 0 amide bonds. The van der Waals surface area contributed by atoms with Crippen LogP contribution in [0, 0.1) is 5.82 Å². The van der Waals surface area contributed by atoms with Crippen LogP contribution in [0.5, 0.6) is 0 Å². The third kappa shape index (κ3) is 4.42. The zero-order valence-electron chi connectivity index (χ0n) is 12.7. The summed E-state index contributed by atoms with van der Waals surface area (Å²) in [6.45, 7) is 6.31. The number of hydrogen-bond acceptors (Lipinski definition) is 3. The summed E-state index contributed by atoms with van der Waals surface area (Å²) in [4.78, 5) is 4.35. The van der Waals surface area contributed by atoms with Crippen molar-refractivity contribution in [1.82, 2.24) is 9.80 Å². The number of nitrogens with two attached hydrogens (primary N) is 1. The first kappa shape index (κ1) is 17.4. The fourth-order valence-corrected chi connectivity index (χ4v) is 2.84. The van der Waals surface area contributed by atoms with Gasteiger partial charge in [-0.15, -0.1) is 0 Å². The Morgan fingerprint density at radius 3 is 2.45 bits per heavy atom. The second kappa shape index (κ2) is 7.93. The Morgan fingerprint density at radius 1 is 1.35 bits per heavy atom. The lowest BCUT2D eigenvalue weighted by atomic mass is 10.0. The van der Waals surface area contributed by atoms with Gasteiger partial charge in [-0.3, -0.25) is 4.90 Å². The van der Waals surface area contributed by atoms with E-state index in [1.54, 1.807) is 12.1 Å². The van der Waals surface area contributed by atoms with Crippen LogP contribution in [0.15, 0.2) is 18.2 Å². The third-order valence-electron chi connectivity index (χ3n) is 3.51. The molecule has 0 spiro atoms. The topological polar surface area (TPSA) is 32.5 Å². The summed E-state index contributed by atoms with van der Waals surface area (Å²) in [6, 6.07) is 4.96. The standard InChI is InChI=1S/C15H25ClFN3/c1-5-20(11(2)10-19(3)4)15(9-18)13-7-6-12(16)8-14(13)17/h6-8,11,15H,5,9-10,18H2,1-4H3. The second-order valence-electron chi connectivity index (χ2n) is 5.36. The van der Waals surface area contributed by atoms with E-state index in [4.69, 9.17) is 17.3 Å². The number of benzene rings is 1. The van der Waals surface area contributed by atoms with Gasteiger partial charge in [0.15, 0.2) is 0 Å². The highest BCUT2D eigenvalue weighted by molar-refractivity contribution is 6.30. The minimum absolute atomic E-state index is 0.132. The van der Waals surface area contributed by atoms with Gasteiger partial charge in [0, 0.05) is 29.7 Å². The average molecular weight is 302 g/mol. The maximum Gasteiger partial charge on any atom is 0.129 e. The predicted octanol–water partition coefficient (Wildman–Crippen LogP) is 2.75. The Balaban J connectivity index is 3.02. The van der Waals surface area contributed by atoms with E-state index >= 15 is 0 Å². The van der Waals surface area contributed by atoms with E-state index < -0.39 is 0 Å². The number of halogens is 2. The largest absolute Gasteiger partial charge is 0.329 e. The normalized spacial score (nSPS) is 14.8. The fourth-order valence-electron chi connectivity index (χ4n) is 2.69. The van der Waals surface area contributed by atoms with Gasteiger partial charge >= 0.3 is 0 Å². The maximum absolute atomic E-state index is 14.1. The molecule has 0 bridgehead atoms. The van der Waals surface area contributed by atoms with Crippen molar-refractivity contribution in [2.45, 2.75) is 25.9 Å². The maximum atomic E-state index is 14.1. The molecule has 0 aliphatic heterocycles. The number of likely N-dealkylation sites (N-methyl/N-ethyl adjacent to an activating group) is 2. The van der Waals surface area contributed by atoms with Gasteiger partial charge in [-0.2, -0.15) is 0 Å². The summed E-state index contributed by atoms with van der Waals surface area (Å²) in [5.41, 5.74) is 6.52. The molecule has 114 valence electrons. The van der Waals surface area contributed by atoms with Gasteiger partial charge in [-0.25, -0.2) is 4.39 Å². The van der Waals surface area contributed by atoms with Crippen LogP contribution in [0.2, 0.25) is 5.02 Å². The molecular weight excluding hydrogens is 277 g/mol. The van der Waals surface area contributed by atoms with E-state index in [0.29, 0.717) is 23.2 Å². The van der Waals surface area contributed by atoms with E-state index in [0.717, 1.165) is 13.1 Å². The van der Waals surface area contributed by atoms with Gasteiger partial charge in [-0.05, 0) is 39.7 Å². The second-order valence-corrected chi connectivity index (χ2v) is 5.80. The van der Waals surface area contributed by atoms with Gasteiger partial charge in [0.2, 0.25) is 0 Å². The molecule has 1 aromatic rings. The molecule has 1 aromatic carbocycles. The van der Waals surface area contributed by atoms with Gasteiger partial charge in [0.05, 0.1) is 6.04 Å². The van der Waals surface area contributed by atoms with Crippen LogP contribution in [-0.4, -0.2) is 49.6 Å². The monoisotopic (exact) mass is 301 g/mol. The molecule has 1 rings (SSSR count). The van der Waals surface area contributed by atoms with Crippen molar-refractivity contribution in [2.75, 3.05) is 33.7 Å². The molecule has 5 heteroatoms. The summed E-state index contributed by atoms with van der Waals surface area (Å²) >= 11 is 5.82. The van der Waals surface area contributed by atoms with E-state index in [9.17, 15) is 4.39 Å². The molecule has 2 unspecified atom stereocenters. The zero-order chi connectivity index (χ0) is 15.3. The Bertz CT molecular complexity index is 426. The average Bonchev–Trinajstić information content (AvgIpc) is 2.35. The van der Waals surface area contributed by atoms with Gasteiger partial charge in [0.1, 0.15) is 5.82 Å². The lowest BCUT2D eigenvalue weighted by Gasteiger charge is -2.36. The molecule has 0 aromatic heterocycles. The van der Waals surface area contributed by atoms with Crippen molar-refractivity contribution in [1.29, 1.82) is 0 Å². The summed E-state index contributed by atoms with van der Waals surface area (Å²) in [5.74, 6) is -0.288.